The Kier molecular flexibility index (Phi) is 9.31. The summed E-state index contributed by atoms with van der Waals surface area (Å²) >= 11 is 0. The number of hydrogen-bond acceptors (Lipinski definition) is 6. The van der Waals surface area contributed by atoms with Crippen LogP contribution in [0.1, 0.15) is 82.5 Å². The third kappa shape index (κ3) is 6.63. The van der Waals surface area contributed by atoms with Crippen molar-refractivity contribution in [3.8, 4) is 6.07 Å². The SMILES string of the molecule is CCCC(C)OC(=O)OCO/C(=C(/C#N)c1ccc(C(C)(C)C)cc1)c1c(C)c(C)nn1CC. The average Bonchev–Trinajstić information content (AvgIpc) is 3.06. The van der Waals surface area contributed by atoms with E-state index in [0.717, 1.165) is 29.7 Å². The molecule has 0 N–H and O–H groups in total. The van der Waals surface area contributed by atoms with E-state index in [9.17, 15) is 10.1 Å². The topological polar surface area (TPSA) is 86.4 Å². The van der Waals surface area contributed by atoms with Gasteiger partial charge in [0.25, 0.3) is 0 Å². The molecule has 184 valence electrons. The van der Waals surface area contributed by atoms with E-state index in [1.807, 2.05) is 58.9 Å². The lowest BCUT2D eigenvalue weighted by atomic mass is 9.86. The Morgan fingerprint density at radius 1 is 1.15 bits per heavy atom. The van der Waals surface area contributed by atoms with Crippen LogP contribution in [-0.4, -0.2) is 28.8 Å². The maximum atomic E-state index is 12.1. The standard InChI is InChI=1S/C27H37N3O4/c1-9-11-18(3)34-26(31)33-17-32-25(24-19(4)20(5)29-30(24)10-2)23(16-28)21-12-14-22(15-13-21)27(6,7)8/h12-15,18H,9-11,17H2,1-8H3/b25-23-. The summed E-state index contributed by atoms with van der Waals surface area (Å²) in [5.74, 6) is 0.320. The van der Waals surface area contributed by atoms with E-state index in [1.165, 1.54) is 0 Å². The highest BCUT2D eigenvalue weighted by molar-refractivity contribution is 5.94. The van der Waals surface area contributed by atoms with Crippen LogP contribution in [-0.2, 0) is 26.2 Å². The molecule has 2 aromatic rings. The summed E-state index contributed by atoms with van der Waals surface area (Å²) in [6, 6.07) is 10.2. The van der Waals surface area contributed by atoms with Crippen LogP contribution in [0.3, 0.4) is 0 Å². The van der Waals surface area contributed by atoms with E-state index in [0.29, 0.717) is 29.1 Å². The van der Waals surface area contributed by atoms with Crippen LogP contribution in [0.4, 0.5) is 4.79 Å². The molecule has 1 atom stereocenters. The number of nitrogens with zero attached hydrogens (tertiary/aromatic N) is 3. The van der Waals surface area contributed by atoms with Gasteiger partial charge in [0.05, 0.1) is 5.69 Å². The van der Waals surface area contributed by atoms with Gasteiger partial charge < -0.3 is 14.2 Å². The van der Waals surface area contributed by atoms with Crippen molar-refractivity contribution in [3.63, 3.8) is 0 Å². The monoisotopic (exact) mass is 467 g/mol. The fourth-order valence-corrected chi connectivity index (χ4v) is 3.63. The molecule has 0 aliphatic rings. The number of allylic oxidation sites excluding steroid dienone is 1. The van der Waals surface area contributed by atoms with Gasteiger partial charge in [-0.1, -0.05) is 58.4 Å². The Morgan fingerprint density at radius 3 is 2.32 bits per heavy atom. The summed E-state index contributed by atoms with van der Waals surface area (Å²) in [5.41, 5.74) is 4.63. The minimum atomic E-state index is -0.801. The summed E-state index contributed by atoms with van der Waals surface area (Å²) in [6.07, 6.45) is 0.607. The number of nitriles is 1. The van der Waals surface area contributed by atoms with Crippen molar-refractivity contribution < 1.29 is 19.0 Å². The summed E-state index contributed by atoms with van der Waals surface area (Å²) < 4.78 is 18.1. The van der Waals surface area contributed by atoms with Crippen molar-refractivity contribution in [1.82, 2.24) is 9.78 Å². The molecule has 1 unspecified atom stereocenters. The van der Waals surface area contributed by atoms with E-state index >= 15 is 0 Å². The highest BCUT2D eigenvalue weighted by Crippen LogP contribution is 2.32. The van der Waals surface area contributed by atoms with Gasteiger partial charge in [-0.2, -0.15) is 10.4 Å². The summed E-state index contributed by atoms with van der Waals surface area (Å²) in [4.78, 5) is 12.1. The van der Waals surface area contributed by atoms with Gasteiger partial charge in [0.2, 0.25) is 6.79 Å². The zero-order valence-corrected chi connectivity index (χ0v) is 21.7. The Hall–Kier alpha value is -3.27. The third-order valence-corrected chi connectivity index (χ3v) is 5.69. The molecular formula is C27H37N3O4. The predicted molar refractivity (Wildman–Crippen MR) is 133 cm³/mol. The minimum absolute atomic E-state index is 0.00791. The van der Waals surface area contributed by atoms with Gasteiger partial charge in [0.15, 0.2) is 5.76 Å². The van der Waals surface area contributed by atoms with E-state index < -0.39 is 6.16 Å². The van der Waals surface area contributed by atoms with Crippen LogP contribution in [0.15, 0.2) is 24.3 Å². The van der Waals surface area contributed by atoms with Gasteiger partial charge >= 0.3 is 6.16 Å². The van der Waals surface area contributed by atoms with Crippen LogP contribution < -0.4 is 0 Å². The van der Waals surface area contributed by atoms with Gasteiger partial charge in [0.1, 0.15) is 23.4 Å². The number of ether oxygens (including phenoxy) is 3. The van der Waals surface area contributed by atoms with E-state index in [-0.39, 0.29) is 18.3 Å². The first kappa shape index (κ1) is 27.0. The molecule has 0 amide bonds. The van der Waals surface area contributed by atoms with Crippen molar-refractivity contribution in [2.75, 3.05) is 6.79 Å². The molecule has 0 spiro atoms. The first-order valence-electron chi connectivity index (χ1n) is 11.8. The Labute approximate surface area is 203 Å². The van der Waals surface area contributed by atoms with Gasteiger partial charge in [0, 0.05) is 12.1 Å². The molecule has 1 heterocycles. The van der Waals surface area contributed by atoms with Crippen LogP contribution in [0.25, 0.3) is 11.3 Å². The van der Waals surface area contributed by atoms with Gasteiger partial charge in [-0.3, -0.25) is 4.68 Å². The number of rotatable bonds is 9. The molecule has 0 aliphatic heterocycles. The number of carbonyl (C=O) groups is 1. The predicted octanol–water partition coefficient (Wildman–Crippen LogP) is 6.53. The largest absolute Gasteiger partial charge is 0.511 e. The first-order chi connectivity index (χ1) is 16.0. The van der Waals surface area contributed by atoms with Crippen LogP contribution in [0, 0.1) is 25.2 Å². The summed E-state index contributed by atoms with van der Waals surface area (Å²) in [6.45, 7) is 16.3. The molecule has 0 bridgehead atoms. The molecule has 2 rings (SSSR count). The summed E-state index contributed by atoms with van der Waals surface area (Å²) in [7, 11) is 0. The van der Waals surface area contributed by atoms with Crippen LogP contribution in [0.5, 0.6) is 0 Å². The van der Waals surface area contributed by atoms with E-state index in [4.69, 9.17) is 14.2 Å². The number of aromatic nitrogens is 2. The van der Waals surface area contributed by atoms with Crippen molar-refractivity contribution in [3.05, 3.63) is 52.3 Å². The average molecular weight is 468 g/mol. The molecular weight excluding hydrogens is 430 g/mol. The minimum Gasteiger partial charge on any atom is -0.454 e. The zero-order chi connectivity index (χ0) is 25.5. The van der Waals surface area contributed by atoms with Gasteiger partial charge in [-0.15, -0.1) is 0 Å². The second kappa shape index (κ2) is 11.7. The molecule has 0 aliphatic carbocycles. The Morgan fingerprint density at radius 2 is 1.79 bits per heavy atom. The highest BCUT2D eigenvalue weighted by atomic mass is 16.8. The Balaban J connectivity index is 2.45. The van der Waals surface area contributed by atoms with Crippen molar-refractivity contribution >= 4 is 17.5 Å². The lowest BCUT2D eigenvalue weighted by Crippen LogP contribution is -2.17. The molecule has 0 saturated carbocycles. The number of carbonyl (C=O) groups excluding carboxylic acids is 1. The third-order valence-electron chi connectivity index (χ3n) is 5.69. The maximum absolute atomic E-state index is 12.1. The van der Waals surface area contributed by atoms with Crippen molar-refractivity contribution in [2.24, 2.45) is 0 Å². The molecule has 0 radical (unpaired) electrons. The Bertz CT molecular complexity index is 1050. The number of aryl methyl sites for hydroxylation is 2. The molecule has 34 heavy (non-hydrogen) atoms. The smallest absolute Gasteiger partial charge is 0.454 e. The van der Waals surface area contributed by atoms with E-state index in [1.54, 1.807) is 4.68 Å². The highest BCUT2D eigenvalue weighted by Gasteiger charge is 2.23. The van der Waals surface area contributed by atoms with Crippen molar-refractivity contribution in [1.29, 1.82) is 5.26 Å². The van der Waals surface area contributed by atoms with Crippen molar-refractivity contribution in [2.45, 2.75) is 86.3 Å². The van der Waals surface area contributed by atoms with Gasteiger partial charge in [-0.25, -0.2) is 4.79 Å². The fourth-order valence-electron chi connectivity index (χ4n) is 3.63. The lowest BCUT2D eigenvalue weighted by Gasteiger charge is -2.20. The van der Waals surface area contributed by atoms with Crippen LogP contribution in [0.2, 0.25) is 0 Å². The van der Waals surface area contributed by atoms with E-state index in [2.05, 4.69) is 31.9 Å². The number of hydrogen-bond donors (Lipinski definition) is 0. The molecule has 0 saturated heterocycles. The normalized spacial score (nSPS) is 13.0. The second-order valence-electron chi connectivity index (χ2n) is 9.39. The zero-order valence-electron chi connectivity index (χ0n) is 21.7. The quantitative estimate of drug-likeness (QED) is 0.180. The molecule has 0 fully saturated rings. The molecule has 7 nitrogen and oxygen atoms in total. The maximum Gasteiger partial charge on any atom is 0.511 e. The first-order valence-corrected chi connectivity index (χ1v) is 11.8. The molecule has 7 heteroatoms. The lowest BCUT2D eigenvalue weighted by molar-refractivity contribution is -0.0215. The molecule has 1 aromatic carbocycles. The summed E-state index contributed by atoms with van der Waals surface area (Å²) in [5, 5.41) is 14.7. The number of benzene rings is 1. The van der Waals surface area contributed by atoms with Gasteiger partial charge in [-0.05, 0) is 50.7 Å². The second-order valence-corrected chi connectivity index (χ2v) is 9.39. The van der Waals surface area contributed by atoms with Crippen LogP contribution >= 0.6 is 0 Å². The fraction of sp³-hybridized carbons (Fsp3) is 0.519. The molecule has 1 aromatic heterocycles.